The van der Waals surface area contributed by atoms with E-state index in [0.29, 0.717) is 23.5 Å². The number of fused-ring (bicyclic) bond motifs is 1. The molecule has 8 heteroatoms. The first kappa shape index (κ1) is 22.8. The minimum atomic E-state index is -0.132. The maximum Gasteiger partial charge on any atom is 0.251 e. The standard InChI is InChI=1S/C26H26N6O2/c1-16(19-5-4-6-20-21(26(34)28-3)11-12-29-24(19)20)14-30-23-13-22(31-15-32-23)17-7-9-18(10-8-17)25(33)27-2/h4-13,15-16H,14H2,1-3H3,(H,27,33)(H,28,34)(H,30,31,32)/t16-/m1/s1. The van der Waals surface area contributed by atoms with E-state index >= 15 is 0 Å². The molecule has 2 aromatic carbocycles. The van der Waals surface area contributed by atoms with Crippen LogP contribution in [0.25, 0.3) is 22.2 Å². The Morgan fingerprint density at radius 2 is 1.68 bits per heavy atom. The summed E-state index contributed by atoms with van der Waals surface area (Å²) in [5.41, 5.74) is 4.72. The van der Waals surface area contributed by atoms with Crippen LogP contribution in [-0.2, 0) is 0 Å². The third-order valence-electron chi connectivity index (χ3n) is 5.73. The number of carbonyl (C=O) groups is 2. The number of hydrogen-bond acceptors (Lipinski definition) is 6. The predicted molar refractivity (Wildman–Crippen MR) is 133 cm³/mol. The quantitative estimate of drug-likeness (QED) is 0.394. The Bertz CT molecular complexity index is 1340. The van der Waals surface area contributed by atoms with Gasteiger partial charge in [0.15, 0.2) is 0 Å². The van der Waals surface area contributed by atoms with Gasteiger partial charge in [0.05, 0.1) is 16.8 Å². The predicted octanol–water partition coefficient (Wildman–Crippen LogP) is 3.63. The van der Waals surface area contributed by atoms with Crippen LogP contribution in [0.4, 0.5) is 5.82 Å². The average Bonchev–Trinajstić information content (AvgIpc) is 2.90. The summed E-state index contributed by atoms with van der Waals surface area (Å²) in [6.45, 7) is 2.73. The molecule has 2 heterocycles. The number of aromatic nitrogens is 3. The maximum absolute atomic E-state index is 12.3. The lowest BCUT2D eigenvalue weighted by Gasteiger charge is -2.16. The molecule has 0 bridgehead atoms. The van der Waals surface area contributed by atoms with Crippen molar-refractivity contribution in [2.24, 2.45) is 0 Å². The van der Waals surface area contributed by atoms with Gasteiger partial charge in [-0.3, -0.25) is 14.6 Å². The van der Waals surface area contributed by atoms with Crippen LogP contribution in [0.5, 0.6) is 0 Å². The van der Waals surface area contributed by atoms with E-state index in [0.717, 1.165) is 27.7 Å². The fourth-order valence-corrected chi connectivity index (χ4v) is 3.85. The first-order valence-electron chi connectivity index (χ1n) is 11.0. The average molecular weight is 455 g/mol. The van der Waals surface area contributed by atoms with Gasteiger partial charge in [-0.2, -0.15) is 0 Å². The van der Waals surface area contributed by atoms with Crippen molar-refractivity contribution in [2.45, 2.75) is 12.8 Å². The van der Waals surface area contributed by atoms with Gasteiger partial charge in [-0.25, -0.2) is 9.97 Å². The largest absolute Gasteiger partial charge is 0.369 e. The Morgan fingerprint density at radius 1 is 0.912 bits per heavy atom. The lowest BCUT2D eigenvalue weighted by Crippen LogP contribution is -2.18. The molecule has 2 aromatic heterocycles. The van der Waals surface area contributed by atoms with Crippen molar-refractivity contribution in [3.63, 3.8) is 0 Å². The summed E-state index contributed by atoms with van der Waals surface area (Å²) in [7, 11) is 3.23. The Kier molecular flexibility index (Phi) is 6.77. The molecular formula is C26H26N6O2. The molecule has 1 atom stereocenters. The molecular weight excluding hydrogens is 428 g/mol. The minimum Gasteiger partial charge on any atom is -0.369 e. The fourth-order valence-electron chi connectivity index (χ4n) is 3.85. The fraction of sp³-hybridized carbons (Fsp3) is 0.192. The topological polar surface area (TPSA) is 109 Å². The van der Waals surface area contributed by atoms with Gasteiger partial charge >= 0.3 is 0 Å². The van der Waals surface area contributed by atoms with Crippen LogP contribution in [0.15, 0.2) is 67.1 Å². The monoisotopic (exact) mass is 454 g/mol. The van der Waals surface area contributed by atoms with Crippen LogP contribution in [0, 0.1) is 0 Å². The summed E-state index contributed by atoms with van der Waals surface area (Å²) < 4.78 is 0. The van der Waals surface area contributed by atoms with Gasteiger partial charge in [0.25, 0.3) is 11.8 Å². The highest BCUT2D eigenvalue weighted by atomic mass is 16.2. The molecule has 34 heavy (non-hydrogen) atoms. The van der Waals surface area contributed by atoms with Crippen LogP contribution in [0.2, 0.25) is 0 Å². The number of hydrogen-bond donors (Lipinski definition) is 3. The van der Waals surface area contributed by atoms with E-state index in [-0.39, 0.29) is 17.7 Å². The van der Waals surface area contributed by atoms with E-state index in [9.17, 15) is 9.59 Å². The SMILES string of the molecule is CNC(=O)c1ccc(-c2cc(NC[C@@H](C)c3cccc4c(C(=O)NC)ccnc34)ncn2)cc1. The molecule has 0 saturated carbocycles. The third-order valence-corrected chi connectivity index (χ3v) is 5.73. The van der Waals surface area contributed by atoms with Crippen molar-refractivity contribution in [1.29, 1.82) is 0 Å². The third kappa shape index (κ3) is 4.71. The van der Waals surface area contributed by atoms with Crippen molar-refractivity contribution >= 4 is 28.5 Å². The van der Waals surface area contributed by atoms with Crippen molar-refractivity contribution in [1.82, 2.24) is 25.6 Å². The Morgan fingerprint density at radius 3 is 2.41 bits per heavy atom. The van der Waals surface area contributed by atoms with Gasteiger partial charge in [-0.05, 0) is 23.8 Å². The number of pyridine rings is 1. The van der Waals surface area contributed by atoms with E-state index in [4.69, 9.17) is 0 Å². The lowest BCUT2D eigenvalue weighted by atomic mass is 9.96. The first-order chi connectivity index (χ1) is 16.5. The van der Waals surface area contributed by atoms with E-state index < -0.39 is 0 Å². The number of anilines is 1. The molecule has 0 spiro atoms. The zero-order valence-electron chi connectivity index (χ0n) is 19.3. The number of para-hydroxylation sites is 1. The number of nitrogens with zero attached hydrogens (tertiary/aromatic N) is 3. The minimum absolute atomic E-state index is 0.112. The lowest BCUT2D eigenvalue weighted by molar-refractivity contribution is 0.0955. The van der Waals surface area contributed by atoms with Gasteiger partial charge in [-0.1, -0.05) is 37.3 Å². The van der Waals surface area contributed by atoms with Crippen LogP contribution in [-0.4, -0.2) is 47.4 Å². The van der Waals surface area contributed by atoms with Crippen molar-refractivity contribution in [2.75, 3.05) is 26.0 Å². The molecule has 0 aliphatic rings. The highest BCUT2D eigenvalue weighted by Crippen LogP contribution is 2.27. The van der Waals surface area contributed by atoms with Gasteiger partial charge in [-0.15, -0.1) is 0 Å². The smallest absolute Gasteiger partial charge is 0.251 e. The highest BCUT2D eigenvalue weighted by molar-refractivity contribution is 6.06. The molecule has 172 valence electrons. The molecule has 0 radical (unpaired) electrons. The summed E-state index contributed by atoms with van der Waals surface area (Å²) >= 11 is 0. The maximum atomic E-state index is 12.3. The second-order valence-electron chi connectivity index (χ2n) is 7.91. The highest BCUT2D eigenvalue weighted by Gasteiger charge is 2.15. The number of carbonyl (C=O) groups excluding carboxylic acids is 2. The molecule has 0 saturated heterocycles. The number of benzene rings is 2. The molecule has 0 aliphatic heterocycles. The Hall–Kier alpha value is -4.33. The molecule has 8 nitrogen and oxygen atoms in total. The Labute approximate surface area is 197 Å². The summed E-state index contributed by atoms with van der Waals surface area (Å²) in [4.78, 5) is 37.3. The van der Waals surface area contributed by atoms with Crippen LogP contribution in [0.1, 0.15) is 39.1 Å². The van der Waals surface area contributed by atoms with E-state index in [1.807, 2.05) is 36.4 Å². The summed E-state index contributed by atoms with van der Waals surface area (Å²) in [5, 5.41) is 9.51. The first-order valence-corrected chi connectivity index (χ1v) is 11.0. The van der Waals surface area contributed by atoms with Crippen LogP contribution < -0.4 is 16.0 Å². The second kappa shape index (κ2) is 10.1. The van der Waals surface area contributed by atoms with Crippen molar-refractivity contribution in [3.8, 4) is 11.3 Å². The molecule has 2 amide bonds. The molecule has 4 rings (SSSR count). The molecule has 0 aliphatic carbocycles. The zero-order valence-corrected chi connectivity index (χ0v) is 19.3. The van der Waals surface area contributed by atoms with Gasteiger partial charge < -0.3 is 16.0 Å². The molecule has 3 N–H and O–H groups in total. The normalized spacial score (nSPS) is 11.6. The van der Waals surface area contributed by atoms with E-state index in [1.54, 1.807) is 38.5 Å². The second-order valence-corrected chi connectivity index (χ2v) is 7.91. The van der Waals surface area contributed by atoms with E-state index in [1.165, 1.54) is 6.33 Å². The zero-order chi connectivity index (χ0) is 24.1. The van der Waals surface area contributed by atoms with Crippen molar-refractivity contribution in [3.05, 3.63) is 83.8 Å². The number of nitrogens with one attached hydrogen (secondary N) is 3. The number of amides is 2. The van der Waals surface area contributed by atoms with Gasteiger partial charge in [0.1, 0.15) is 12.1 Å². The van der Waals surface area contributed by atoms with Crippen LogP contribution in [0.3, 0.4) is 0 Å². The summed E-state index contributed by atoms with van der Waals surface area (Å²) in [5.74, 6) is 0.552. The molecule has 4 aromatic rings. The van der Waals surface area contributed by atoms with E-state index in [2.05, 4.69) is 37.8 Å². The van der Waals surface area contributed by atoms with Gasteiger partial charge in [0, 0.05) is 55.3 Å². The molecule has 0 unspecified atom stereocenters. The summed E-state index contributed by atoms with van der Waals surface area (Å²) in [6.07, 6.45) is 3.19. The van der Waals surface area contributed by atoms with Crippen LogP contribution >= 0.6 is 0 Å². The van der Waals surface area contributed by atoms with Crippen molar-refractivity contribution < 1.29 is 9.59 Å². The molecule has 0 fully saturated rings. The Balaban J connectivity index is 1.52. The van der Waals surface area contributed by atoms with Gasteiger partial charge in [0.2, 0.25) is 0 Å². The summed E-state index contributed by atoms with van der Waals surface area (Å²) in [6, 6.07) is 16.8. The number of rotatable bonds is 7.